The van der Waals surface area contributed by atoms with Crippen LogP contribution in [0, 0.1) is 0 Å². The molecule has 1 unspecified atom stereocenters. The molecule has 0 radical (unpaired) electrons. The average Bonchev–Trinajstić information content (AvgIpc) is 3.15. The number of fused-ring (bicyclic) bond motifs is 3. The van der Waals surface area contributed by atoms with Gasteiger partial charge in [0.2, 0.25) is 5.91 Å². The number of aliphatic carboxylic acids is 1. The van der Waals surface area contributed by atoms with Gasteiger partial charge in [0, 0.05) is 24.9 Å². The smallest absolute Gasteiger partial charge is 0.407 e. The summed E-state index contributed by atoms with van der Waals surface area (Å²) >= 11 is 0. The number of carboxylic acid groups (broad SMARTS) is 1. The lowest BCUT2D eigenvalue weighted by molar-refractivity contribution is -0.149. The van der Waals surface area contributed by atoms with E-state index < -0.39 is 24.1 Å². The predicted molar refractivity (Wildman–Crippen MR) is 131 cm³/mol. The summed E-state index contributed by atoms with van der Waals surface area (Å²) in [4.78, 5) is 38.2. The van der Waals surface area contributed by atoms with E-state index in [0.717, 1.165) is 35.1 Å². The lowest BCUT2D eigenvalue weighted by Crippen LogP contribution is -2.46. The molecule has 2 aromatic rings. The third kappa shape index (κ3) is 5.76. The van der Waals surface area contributed by atoms with Gasteiger partial charge in [-0.3, -0.25) is 4.79 Å². The summed E-state index contributed by atoms with van der Waals surface area (Å²) < 4.78 is 5.64. The van der Waals surface area contributed by atoms with Crippen molar-refractivity contribution in [3.05, 3.63) is 59.7 Å². The number of ether oxygens (including phenoxy) is 1. The van der Waals surface area contributed by atoms with Crippen LogP contribution in [0.3, 0.4) is 0 Å². The second-order valence-electron chi connectivity index (χ2n) is 8.71. The molecule has 2 atom stereocenters. The molecule has 2 aromatic carbocycles. The van der Waals surface area contributed by atoms with Gasteiger partial charge < -0.3 is 20.1 Å². The fourth-order valence-electron chi connectivity index (χ4n) is 4.61. The minimum absolute atomic E-state index is 0.0374. The molecular weight excluding hydrogens is 432 g/mol. The highest BCUT2D eigenvalue weighted by molar-refractivity contribution is 5.84. The summed E-state index contributed by atoms with van der Waals surface area (Å²) in [6, 6.07) is 14.9. The number of nitrogens with zero attached hydrogens (tertiary/aromatic N) is 1. The number of hydrogen-bond acceptors (Lipinski definition) is 4. The number of amides is 2. The molecule has 1 aliphatic rings. The second-order valence-corrected chi connectivity index (χ2v) is 8.71. The summed E-state index contributed by atoms with van der Waals surface area (Å²) in [5.74, 6) is -1.39. The Balaban J connectivity index is 1.64. The molecule has 0 aromatic heterocycles. The van der Waals surface area contributed by atoms with Crippen molar-refractivity contribution in [3.8, 4) is 11.1 Å². The van der Waals surface area contributed by atoms with Crippen molar-refractivity contribution in [2.24, 2.45) is 0 Å². The third-order valence-corrected chi connectivity index (χ3v) is 6.48. The van der Waals surface area contributed by atoms with Crippen LogP contribution < -0.4 is 5.32 Å². The number of carboxylic acids is 1. The fraction of sp³-hybridized carbons (Fsp3) is 0.444. The highest BCUT2D eigenvalue weighted by atomic mass is 16.5. The second kappa shape index (κ2) is 11.7. The van der Waals surface area contributed by atoms with Crippen molar-refractivity contribution in [1.29, 1.82) is 0 Å². The lowest BCUT2D eigenvalue weighted by atomic mass is 9.98. The SMILES string of the molecule is CCCC[C@@H](CC(=O)N(CC)C(C)C(=O)O)NC(=O)OCC1c2ccccc2-c2ccccc21. The Labute approximate surface area is 201 Å². The highest BCUT2D eigenvalue weighted by Gasteiger charge is 2.30. The molecule has 2 amide bonds. The maximum atomic E-state index is 12.8. The first-order valence-corrected chi connectivity index (χ1v) is 12.0. The Morgan fingerprint density at radius 2 is 1.62 bits per heavy atom. The van der Waals surface area contributed by atoms with Crippen LogP contribution in [-0.2, 0) is 14.3 Å². The topological polar surface area (TPSA) is 95.9 Å². The fourth-order valence-corrected chi connectivity index (χ4v) is 4.61. The normalized spacial score (nSPS) is 14.0. The minimum atomic E-state index is -1.05. The molecule has 3 rings (SSSR count). The van der Waals surface area contributed by atoms with E-state index in [-0.39, 0.29) is 31.4 Å². The van der Waals surface area contributed by atoms with Crippen molar-refractivity contribution >= 4 is 18.0 Å². The Kier molecular flexibility index (Phi) is 8.68. The molecule has 7 nitrogen and oxygen atoms in total. The van der Waals surface area contributed by atoms with Crippen LogP contribution in [0.25, 0.3) is 11.1 Å². The molecular formula is C27H34N2O5. The largest absolute Gasteiger partial charge is 0.480 e. The van der Waals surface area contributed by atoms with Crippen molar-refractivity contribution in [1.82, 2.24) is 10.2 Å². The van der Waals surface area contributed by atoms with Crippen LogP contribution in [0.5, 0.6) is 0 Å². The van der Waals surface area contributed by atoms with Gasteiger partial charge in [0.1, 0.15) is 12.6 Å². The summed E-state index contributed by atoms with van der Waals surface area (Å²) in [6.07, 6.45) is 1.84. The van der Waals surface area contributed by atoms with Crippen LogP contribution in [0.4, 0.5) is 4.79 Å². The van der Waals surface area contributed by atoms with E-state index in [1.165, 1.54) is 11.8 Å². The van der Waals surface area contributed by atoms with Gasteiger partial charge in [-0.25, -0.2) is 9.59 Å². The summed E-state index contributed by atoms with van der Waals surface area (Å²) in [5.41, 5.74) is 4.59. The van der Waals surface area contributed by atoms with Crippen LogP contribution in [0.15, 0.2) is 48.5 Å². The summed E-state index contributed by atoms with van der Waals surface area (Å²) in [6.45, 7) is 5.77. The zero-order valence-corrected chi connectivity index (χ0v) is 20.1. The summed E-state index contributed by atoms with van der Waals surface area (Å²) in [5, 5.41) is 12.1. The van der Waals surface area contributed by atoms with E-state index in [9.17, 15) is 19.5 Å². The zero-order chi connectivity index (χ0) is 24.7. The zero-order valence-electron chi connectivity index (χ0n) is 20.1. The molecule has 0 aliphatic heterocycles. The minimum Gasteiger partial charge on any atom is -0.480 e. The lowest BCUT2D eigenvalue weighted by Gasteiger charge is -2.27. The molecule has 1 aliphatic carbocycles. The van der Waals surface area contributed by atoms with Crippen LogP contribution in [-0.4, -0.2) is 53.2 Å². The number of unbranched alkanes of at least 4 members (excludes halogenated alkanes) is 1. The number of hydrogen-bond donors (Lipinski definition) is 2. The maximum Gasteiger partial charge on any atom is 0.407 e. The van der Waals surface area contributed by atoms with Gasteiger partial charge in [-0.1, -0.05) is 68.3 Å². The van der Waals surface area contributed by atoms with Crippen molar-refractivity contribution < 1.29 is 24.2 Å². The number of rotatable bonds is 11. The first-order chi connectivity index (χ1) is 16.4. The van der Waals surface area contributed by atoms with Crippen molar-refractivity contribution in [2.75, 3.05) is 13.2 Å². The predicted octanol–water partition coefficient (Wildman–Crippen LogP) is 4.80. The maximum absolute atomic E-state index is 12.8. The van der Waals surface area contributed by atoms with Gasteiger partial charge in [-0.15, -0.1) is 0 Å². The molecule has 182 valence electrons. The average molecular weight is 467 g/mol. The van der Waals surface area contributed by atoms with E-state index in [4.69, 9.17) is 4.74 Å². The molecule has 2 N–H and O–H groups in total. The monoisotopic (exact) mass is 466 g/mol. The van der Waals surface area contributed by atoms with E-state index in [1.54, 1.807) is 6.92 Å². The van der Waals surface area contributed by atoms with Gasteiger partial charge >= 0.3 is 12.1 Å². The molecule has 0 bridgehead atoms. The quantitative estimate of drug-likeness (QED) is 0.496. The van der Waals surface area contributed by atoms with Gasteiger partial charge in [-0.05, 0) is 42.5 Å². The Morgan fingerprint density at radius 1 is 1.03 bits per heavy atom. The van der Waals surface area contributed by atoms with E-state index in [1.807, 2.05) is 31.2 Å². The van der Waals surface area contributed by atoms with Crippen molar-refractivity contribution in [2.45, 2.75) is 64.5 Å². The van der Waals surface area contributed by atoms with Gasteiger partial charge in [0.15, 0.2) is 0 Å². The number of nitrogens with one attached hydrogen (secondary N) is 1. The van der Waals surface area contributed by atoms with Gasteiger partial charge in [-0.2, -0.15) is 0 Å². The molecule has 7 heteroatoms. The number of carbonyl (C=O) groups is 3. The van der Waals surface area contributed by atoms with E-state index in [0.29, 0.717) is 6.42 Å². The van der Waals surface area contributed by atoms with E-state index >= 15 is 0 Å². The van der Waals surface area contributed by atoms with Crippen LogP contribution in [0.2, 0.25) is 0 Å². The van der Waals surface area contributed by atoms with Gasteiger partial charge in [0.25, 0.3) is 0 Å². The summed E-state index contributed by atoms with van der Waals surface area (Å²) in [7, 11) is 0. The van der Waals surface area contributed by atoms with Crippen molar-refractivity contribution in [3.63, 3.8) is 0 Å². The number of alkyl carbamates (subject to hydrolysis) is 1. The van der Waals surface area contributed by atoms with Crippen LogP contribution >= 0.6 is 0 Å². The molecule has 34 heavy (non-hydrogen) atoms. The number of benzene rings is 2. The number of carbonyl (C=O) groups excluding carboxylic acids is 2. The molecule has 0 heterocycles. The Morgan fingerprint density at radius 3 is 2.15 bits per heavy atom. The molecule has 0 fully saturated rings. The first kappa shape index (κ1) is 25.3. The highest BCUT2D eigenvalue weighted by Crippen LogP contribution is 2.44. The van der Waals surface area contributed by atoms with E-state index in [2.05, 4.69) is 29.6 Å². The Bertz CT molecular complexity index is 976. The Hall–Kier alpha value is -3.35. The van der Waals surface area contributed by atoms with Crippen LogP contribution in [0.1, 0.15) is 63.5 Å². The first-order valence-electron chi connectivity index (χ1n) is 12.0. The number of likely N-dealkylation sites (N-methyl/N-ethyl adjacent to an activating group) is 1. The molecule has 0 spiro atoms. The standard InChI is InChI=1S/C27H34N2O5/c1-4-6-11-19(16-25(30)29(5-2)18(3)26(31)32)28-27(33)34-17-24-22-14-9-7-12-20(22)21-13-8-10-15-23(21)24/h7-10,12-15,18-19,24H,4-6,11,16-17H2,1-3H3,(H,28,33)(H,31,32)/t18?,19-/m0/s1. The third-order valence-electron chi connectivity index (χ3n) is 6.48. The van der Waals surface area contributed by atoms with Gasteiger partial charge in [0.05, 0.1) is 0 Å². The molecule has 0 saturated carbocycles. The molecule has 0 saturated heterocycles.